The van der Waals surface area contributed by atoms with E-state index in [1.165, 1.54) is 94.0 Å². The van der Waals surface area contributed by atoms with Gasteiger partial charge in [-0.15, -0.1) is 0 Å². The minimum atomic E-state index is 0.847. The Labute approximate surface area is 156 Å². The summed E-state index contributed by atoms with van der Waals surface area (Å²) in [6.07, 6.45) is 12.1. The molecule has 0 aliphatic carbocycles. The van der Waals surface area contributed by atoms with Crippen LogP contribution < -0.4 is 0 Å². The van der Waals surface area contributed by atoms with Crippen LogP contribution in [0.4, 0.5) is 0 Å². The summed E-state index contributed by atoms with van der Waals surface area (Å²) in [5, 5.41) is 0.847. The molecule has 0 aliphatic heterocycles. The molecule has 0 bridgehead atoms. The van der Waals surface area contributed by atoms with E-state index in [0.29, 0.717) is 0 Å². The van der Waals surface area contributed by atoms with Crippen molar-refractivity contribution in [1.82, 2.24) is 0 Å². The molecule has 1 aromatic rings. The van der Waals surface area contributed by atoms with Crippen LogP contribution in [0.25, 0.3) is 0 Å². The van der Waals surface area contributed by atoms with Crippen molar-refractivity contribution in [2.75, 3.05) is 19.6 Å². The van der Waals surface area contributed by atoms with Gasteiger partial charge in [-0.1, -0.05) is 63.8 Å². The quantitative estimate of drug-likeness (QED) is 0.245. The summed E-state index contributed by atoms with van der Waals surface area (Å²) in [5.41, 5.74) is 1.45. The van der Waals surface area contributed by atoms with Gasteiger partial charge in [0.2, 0.25) is 0 Å². The molecule has 0 N–H and O–H groups in total. The number of unbranched alkanes of at least 4 members (excludes halogenated alkanes) is 6. The second kappa shape index (κ2) is 12.8. The summed E-state index contributed by atoms with van der Waals surface area (Å²) in [4.78, 5) is 0. The van der Waals surface area contributed by atoms with Crippen LogP contribution >= 0.6 is 11.6 Å². The molecule has 0 amide bonds. The van der Waals surface area contributed by atoms with E-state index in [-0.39, 0.29) is 0 Å². The molecule has 0 fully saturated rings. The van der Waals surface area contributed by atoms with Gasteiger partial charge in [0.05, 0.1) is 19.6 Å². The number of benzene rings is 1. The number of quaternary nitrogens is 1. The van der Waals surface area contributed by atoms with Gasteiger partial charge >= 0.3 is 0 Å². The Bertz CT molecular complexity index is 386. The Kier molecular flexibility index (Phi) is 11.5. The first-order valence-corrected chi connectivity index (χ1v) is 10.6. The third kappa shape index (κ3) is 8.53. The fourth-order valence-electron chi connectivity index (χ4n) is 3.64. The highest BCUT2D eigenvalue weighted by atomic mass is 35.5. The van der Waals surface area contributed by atoms with Crippen molar-refractivity contribution in [3.63, 3.8) is 0 Å². The molecule has 24 heavy (non-hydrogen) atoms. The molecular formula is C22H39ClN+. The van der Waals surface area contributed by atoms with E-state index in [4.69, 9.17) is 11.6 Å². The molecule has 1 aromatic carbocycles. The van der Waals surface area contributed by atoms with Crippen molar-refractivity contribution in [1.29, 1.82) is 0 Å². The van der Waals surface area contributed by atoms with Gasteiger partial charge < -0.3 is 4.48 Å². The zero-order valence-corrected chi connectivity index (χ0v) is 17.1. The summed E-state index contributed by atoms with van der Waals surface area (Å²) in [6.45, 7) is 12.1. The van der Waals surface area contributed by atoms with Crippen molar-refractivity contribution in [2.24, 2.45) is 0 Å². The smallest absolute Gasteiger partial charge is 0.104 e. The molecule has 0 unspecified atom stereocenters. The first kappa shape index (κ1) is 21.5. The Morgan fingerprint density at radius 3 is 1.46 bits per heavy atom. The average molecular weight is 353 g/mol. The molecule has 2 heteroatoms. The molecule has 0 radical (unpaired) electrons. The molecule has 1 rings (SSSR count). The highest BCUT2D eigenvalue weighted by Gasteiger charge is 2.26. The number of nitrogens with zero attached hydrogens (tertiary/aromatic N) is 1. The fraction of sp³-hybridized carbons (Fsp3) is 0.727. The van der Waals surface area contributed by atoms with Crippen LogP contribution in [0.5, 0.6) is 0 Å². The van der Waals surface area contributed by atoms with E-state index in [9.17, 15) is 0 Å². The van der Waals surface area contributed by atoms with Crippen LogP contribution in [-0.4, -0.2) is 24.1 Å². The third-order valence-electron chi connectivity index (χ3n) is 5.14. The third-order valence-corrected chi connectivity index (χ3v) is 5.39. The van der Waals surface area contributed by atoms with Crippen LogP contribution in [0, 0.1) is 0 Å². The van der Waals surface area contributed by atoms with E-state index in [2.05, 4.69) is 45.0 Å². The first-order valence-electron chi connectivity index (χ1n) is 10.3. The maximum absolute atomic E-state index is 6.09. The number of hydrogen-bond acceptors (Lipinski definition) is 0. The van der Waals surface area contributed by atoms with Gasteiger partial charge in [-0.25, -0.2) is 0 Å². The average Bonchev–Trinajstić information content (AvgIpc) is 2.58. The highest BCUT2D eigenvalue weighted by Crippen LogP contribution is 2.22. The molecular weight excluding hydrogens is 314 g/mol. The first-order chi connectivity index (χ1) is 11.7. The summed E-state index contributed by atoms with van der Waals surface area (Å²) in [7, 11) is 0. The standard InChI is InChI=1S/C22H39ClN/c1-4-7-10-17-24(18-11-8-5-2,19-12-9-6-3)20-21-13-15-22(23)16-14-21/h13-16H,4-12,17-20H2,1-3H3/q+1. The summed E-state index contributed by atoms with van der Waals surface area (Å²) in [6, 6.07) is 8.56. The van der Waals surface area contributed by atoms with Crippen LogP contribution in [0.2, 0.25) is 5.02 Å². The second-order valence-corrected chi connectivity index (χ2v) is 7.85. The molecule has 138 valence electrons. The molecule has 0 aliphatic rings. The lowest BCUT2D eigenvalue weighted by atomic mass is 10.1. The minimum Gasteiger partial charge on any atom is -0.320 e. The molecule has 0 saturated carbocycles. The number of rotatable bonds is 14. The fourth-order valence-corrected chi connectivity index (χ4v) is 3.77. The van der Waals surface area contributed by atoms with Crippen molar-refractivity contribution in [3.8, 4) is 0 Å². The summed E-state index contributed by atoms with van der Waals surface area (Å²) >= 11 is 6.09. The van der Waals surface area contributed by atoms with E-state index in [1.807, 2.05) is 0 Å². The van der Waals surface area contributed by atoms with Gasteiger partial charge in [0.15, 0.2) is 0 Å². The summed E-state index contributed by atoms with van der Waals surface area (Å²) < 4.78 is 1.28. The van der Waals surface area contributed by atoms with Crippen molar-refractivity contribution < 1.29 is 4.48 Å². The summed E-state index contributed by atoms with van der Waals surface area (Å²) in [5.74, 6) is 0. The zero-order chi connectivity index (χ0) is 17.7. The Morgan fingerprint density at radius 2 is 1.08 bits per heavy atom. The molecule has 0 saturated heterocycles. The van der Waals surface area contributed by atoms with E-state index >= 15 is 0 Å². The van der Waals surface area contributed by atoms with Crippen LogP contribution in [-0.2, 0) is 6.54 Å². The number of halogens is 1. The van der Waals surface area contributed by atoms with E-state index < -0.39 is 0 Å². The predicted molar refractivity (Wildman–Crippen MR) is 109 cm³/mol. The van der Waals surface area contributed by atoms with Gasteiger partial charge in [-0.05, 0) is 50.7 Å². The number of hydrogen-bond donors (Lipinski definition) is 0. The predicted octanol–water partition coefficient (Wildman–Crippen LogP) is 7.23. The van der Waals surface area contributed by atoms with Crippen LogP contribution in [0.15, 0.2) is 24.3 Å². The zero-order valence-electron chi connectivity index (χ0n) is 16.3. The second-order valence-electron chi connectivity index (χ2n) is 7.42. The van der Waals surface area contributed by atoms with E-state index in [1.54, 1.807) is 0 Å². The van der Waals surface area contributed by atoms with Gasteiger partial charge in [-0.3, -0.25) is 0 Å². The molecule has 1 nitrogen and oxygen atoms in total. The topological polar surface area (TPSA) is 0 Å². The van der Waals surface area contributed by atoms with Gasteiger partial charge in [0.25, 0.3) is 0 Å². The molecule has 0 aromatic heterocycles. The molecule has 0 spiro atoms. The SMILES string of the molecule is CCCCC[N+](CCCCC)(CCCCC)Cc1ccc(Cl)cc1. The molecule has 0 atom stereocenters. The van der Waals surface area contributed by atoms with Crippen molar-refractivity contribution in [3.05, 3.63) is 34.9 Å². The van der Waals surface area contributed by atoms with Gasteiger partial charge in [0.1, 0.15) is 6.54 Å². The maximum atomic E-state index is 6.09. The Hall–Kier alpha value is -0.530. The van der Waals surface area contributed by atoms with Gasteiger partial charge in [-0.2, -0.15) is 0 Å². The largest absolute Gasteiger partial charge is 0.320 e. The van der Waals surface area contributed by atoms with E-state index in [0.717, 1.165) is 5.02 Å². The molecule has 0 heterocycles. The Balaban J connectivity index is 2.84. The highest BCUT2D eigenvalue weighted by molar-refractivity contribution is 6.30. The van der Waals surface area contributed by atoms with Crippen LogP contribution in [0.3, 0.4) is 0 Å². The minimum absolute atomic E-state index is 0.847. The van der Waals surface area contributed by atoms with Gasteiger partial charge in [0, 0.05) is 10.6 Å². The lowest BCUT2D eigenvalue weighted by Gasteiger charge is -2.39. The van der Waals surface area contributed by atoms with Crippen molar-refractivity contribution in [2.45, 2.75) is 85.1 Å². The maximum Gasteiger partial charge on any atom is 0.104 e. The normalized spacial score (nSPS) is 11.8. The lowest BCUT2D eigenvalue weighted by molar-refractivity contribution is -0.941. The van der Waals surface area contributed by atoms with Crippen molar-refractivity contribution >= 4 is 11.6 Å². The lowest BCUT2D eigenvalue weighted by Crippen LogP contribution is -2.49. The van der Waals surface area contributed by atoms with Crippen LogP contribution in [0.1, 0.15) is 84.1 Å². The Morgan fingerprint density at radius 1 is 0.667 bits per heavy atom. The monoisotopic (exact) mass is 352 g/mol.